The van der Waals surface area contributed by atoms with Gasteiger partial charge in [-0.25, -0.2) is 0 Å². The number of carbonyl (C=O) groups is 2. The predicted molar refractivity (Wildman–Crippen MR) is 160 cm³/mol. The minimum absolute atomic E-state index is 0.0194. The zero-order valence-electron chi connectivity index (χ0n) is 22.9. The van der Waals surface area contributed by atoms with E-state index in [0.717, 1.165) is 53.6 Å². The Labute approximate surface area is 239 Å². The number of nitrogens with one attached hydrogen (secondary N) is 3. The van der Waals surface area contributed by atoms with E-state index in [0.29, 0.717) is 30.8 Å². The van der Waals surface area contributed by atoms with Crippen LogP contribution in [0.1, 0.15) is 53.7 Å². The molecule has 0 radical (unpaired) electrons. The summed E-state index contributed by atoms with van der Waals surface area (Å²) < 4.78 is 7.91. The largest absolute Gasteiger partial charge is 0.457 e. The fourth-order valence-electron chi connectivity index (χ4n) is 5.32. The SMILES string of the molecule is N=C(N)c1ccc2cc(C(=O)NC3CCC(NC(=O)CCN)CC3)n(Cc3ccc(Oc4ccccc4)cc3)c2c1. The summed E-state index contributed by atoms with van der Waals surface area (Å²) >= 11 is 0. The van der Waals surface area contributed by atoms with Crippen LogP contribution >= 0.6 is 0 Å². The Kier molecular flexibility index (Phi) is 8.64. The number of benzene rings is 3. The molecule has 4 aromatic rings. The average Bonchev–Trinajstić information content (AvgIpc) is 3.33. The monoisotopic (exact) mass is 552 g/mol. The summed E-state index contributed by atoms with van der Waals surface area (Å²) in [6.45, 7) is 0.796. The van der Waals surface area contributed by atoms with Crippen molar-refractivity contribution in [1.82, 2.24) is 15.2 Å². The molecule has 1 heterocycles. The maximum Gasteiger partial charge on any atom is 0.268 e. The molecule has 5 rings (SSSR count). The van der Waals surface area contributed by atoms with Gasteiger partial charge in [-0.2, -0.15) is 0 Å². The Morgan fingerprint density at radius 3 is 2.20 bits per heavy atom. The zero-order valence-corrected chi connectivity index (χ0v) is 22.9. The minimum Gasteiger partial charge on any atom is -0.457 e. The summed E-state index contributed by atoms with van der Waals surface area (Å²) in [5.74, 6) is 1.30. The number of amidine groups is 1. The van der Waals surface area contributed by atoms with Gasteiger partial charge in [0, 0.05) is 48.1 Å². The number of aromatic nitrogens is 1. The first-order chi connectivity index (χ1) is 19.9. The highest BCUT2D eigenvalue weighted by Gasteiger charge is 2.25. The highest BCUT2D eigenvalue weighted by Crippen LogP contribution is 2.26. The number of fused-ring (bicyclic) bond motifs is 1. The van der Waals surface area contributed by atoms with Gasteiger partial charge in [-0.1, -0.05) is 42.5 Å². The Bertz CT molecular complexity index is 1520. The first kappa shape index (κ1) is 27.9. The van der Waals surface area contributed by atoms with Gasteiger partial charge in [0.2, 0.25) is 5.91 Å². The summed E-state index contributed by atoms with van der Waals surface area (Å²) in [6.07, 6.45) is 3.52. The molecule has 9 nitrogen and oxygen atoms in total. The van der Waals surface area contributed by atoms with Crippen molar-refractivity contribution >= 4 is 28.6 Å². The molecule has 3 aromatic carbocycles. The molecule has 212 valence electrons. The number of hydrogen-bond donors (Lipinski definition) is 5. The third-order valence-electron chi connectivity index (χ3n) is 7.49. The third-order valence-corrected chi connectivity index (χ3v) is 7.49. The number of nitrogens with two attached hydrogens (primary N) is 2. The Balaban J connectivity index is 1.33. The van der Waals surface area contributed by atoms with E-state index in [1.165, 1.54) is 0 Å². The molecular formula is C32H36N6O3. The number of nitrogen functional groups attached to an aromatic ring is 1. The van der Waals surface area contributed by atoms with Gasteiger partial charge in [-0.15, -0.1) is 0 Å². The number of hydrogen-bond acceptors (Lipinski definition) is 5. The summed E-state index contributed by atoms with van der Waals surface area (Å²) in [5, 5.41) is 15.1. The lowest BCUT2D eigenvalue weighted by Gasteiger charge is -2.29. The van der Waals surface area contributed by atoms with Crippen LogP contribution in [0.3, 0.4) is 0 Å². The van der Waals surface area contributed by atoms with Crippen molar-refractivity contribution in [2.75, 3.05) is 6.54 Å². The van der Waals surface area contributed by atoms with E-state index < -0.39 is 0 Å². The van der Waals surface area contributed by atoms with E-state index in [4.69, 9.17) is 21.6 Å². The van der Waals surface area contributed by atoms with Gasteiger partial charge in [0.05, 0.1) is 0 Å². The molecule has 9 heteroatoms. The van der Waals surface area contributed by atoms with Crippen LogP contribution < -0.4 is 26.8 Å². The number of rotatable bonds is 10. The van der Waals surface area contributed by atoms with Gasteiger partial charge in [0.25, 0.3) is 5.91 Å². The van der Waals surface area contributed by atoms with E-state index >= 15 is 0 Å². The summed E-state index contributed by atoms with van der Waals surface area (Å²) in [6, 6.07) is 25.0. The average molecular weight is 553 g/mol. The van der Waals surface area contributed by atoms with Crippen LogP contribution in [0.5, 0.6) is 11.5 Å². The van der Waals surface area contributed by atoms with Crippen LogP contribution in [0.2, 0.25) is 0 Å². The zero-order chi connectivity index (χ0) is 28.8. The smallest absolute Gasteiger partial charge is 0.268 e. The molecule has 7 N–H and O–H groups in total. The molecule has 0 spiro atoms. The third kappa shape index (κ3) is 6.93. The van der Waals surface area contributed by atoms with Crippen molar-refractivity contribution < 1.29 is 14.3 Å². The van der Waals surface area contributed by atoms with Gasteiger partial charge in [0.15, 0.2) is 0 Å². The predicted octanol–water partition coefficient (Wildman–Crippen LogP) is 4.27. The molecular weight excluding hydrogens is 516 g/mol. The van der Waals surface area contributed by atoms with Crippen molar-refractivity contribution in [3.8, 4) is 11.5 Å². The standard InChI is InChI=1S/C32H36N6O3/c33-17-16-30(39)36-24-10-12-25(13-11-24)37-32(40)29-18-22-8-9-23(31(34)35)19-28(22)38(29)20-21-6-14-27(15-7-21)41-26-4-2-1-3-5-26/h1-9,14-15,18-19,24-25H,10-13,16-17,20,33H2,(H3,34,35)(H,36,39)(H,37,40). The maximum absolute atomic E-state index is 13.6. The van der Waals surface area contributed by atoms with Crippen LogP contribution in [0.15, 0.2) is 78.9 Å². The van der Waals surface area contributed by atoms with Gasteiger partial charge >= 0.3 is 0 Å². The van der Waals surface area contributed by atoms with E-state index in [9.17, 15) is 9.59 Å². The van der Waals surface area contributed by atoms with Crippen LogP contribution in [0.4, 0.5) is 0 Å². The molecule has 0 atom stereocenters. The number of nitrogens with zero attached hydrogens (tertiary/aromatic N) is 1. The molecule has 0 saturated heterocycles. The van der Waals surface area contributed by atoms with Crippen molar-refractivity contribution in [3.05, 3.63) is 95.7 Å². The molecule has 41 heavy (non-hydrogen) atoms. The van der Waals surface area contributed by atoms with Gasteiger partial charge in [-0.05, 0) is 67.6 Å². The van der Waals surface area contributed by atoms with Crippen LogP contribution in [-0.4, -0.2) is 40.8 Å². The van der Waals surface area contributed by atoms with Crippen molar-refractivity contribution in [1.29, 1.82) is 5.41 Å². The quantitative estimate of drug-likeness (QED) is 0.147. The molecule has 0 unspecified atom stereocenters. The second-order valence-electron chi connectivity index (χ2n) is 10.5. The second-order valence-corrected chi connectivity index (χ2v) is 10.5. The molecule has 1 aliphatic carbocycles. The van der Waals surface area contributed by atoms with Gasteiger partial charge in [0.1, 0.15) is 23.0 Å². The molecule has 1 saturated carbocycles. The van der Waals surface area contributed by atoms with Crippen molar-refractivity contribution in [2.24, 2.45) is 11.5 Å². The van der Waals surface area contributed by atoms with E-state index in [-0.39, 0.29) is 29.7 Å². The summed E-state index contributed by atoms with van der Waals surface area (Å²) in [5.41, 5.74) is 14.2. The molecule has 0 bridgehead atoms. The second kappa shape index (κ2) is 12.7. The molecule has 2 amide bonds. The van der Waals surface area contributed by atoms with Crippen LogP contribution in [0, 0.1) is 5.41 Å². The van der Waals surface area contributed by atoms with E-state index in [1.54, 1.807) is 6.07 Å². The van der Waals surface area contributed by atoms with Gasteiger partial charge < -0.3 is 31.4 Å². The first-order valence-electron chi connectivity index (χ1n) is 14.0. The normalized spacial score (nSPS) is 16.7. The molecule has 1 aliphatic rings. The Morgan fingerprint density at radius 1 is 0.878 bits per heavy atom. The Morgan fingerprint density at radius 2 is 1.54 bits per heavy atom. The lowest BCUT2D eigenvalue weighted by Crippen LogP contribution is -2.44. The lowest BCUT2D eigenvalue weighted by atomic mass is 9.91. The Hall–Kier alpha value is -4.63. The highest BCUT2D eigenvalue weighted by molar-refractivity contribution is 6.02. The number of ether oxygens (including phenoxy) is 1. The van der Waals surface area contributed by atoms with Gasteiger partial charge in [-0.3, -0.25) is 15.0 Å². The summed E-state index contributed by atoms with van der Waals surface area (Å²) in [4.78, 5) is 25.5. The minimum atomic E-state index is -0.148. The number of carbonyl (C=O) groups excluding carboxylic acids is 2. The molecule has 1 aromatic heterocycles. The fourth-order valence-corrected chi connectivity index (χ4v) is 5.32. The number of para-hydroxylation sites is 1. The lowest BCUT2D eigenvalue weighted by molar-refractivity contribution is -0.121. The first-order valence-corrected chi connectivity index (χ1v) is 14.0. The van der Waals surface area contributed by atoms with Crippen molar-refractivity contribution in [3.63, 3.8) is 0 Å². The molecule has 1 fully saturated rings. The molecule has 0 aliphatic heterocycles. The van der Waals surface area contributed by atoms with Crippen molar-refractivity contribution in [2.45, 2.75) is 50.7 Å². The van der Waals surface area contributed by atoms with Crippen LogP contribution in [0.25, 0.3) is 10.9 Å². The fraction of sp³-hybridized carbons (Fsp3) is 0.281. The van der Waals surface area contributed by atoms with E-state index in [1.807, 2.05) is 77.4 Å². The topological polar surface area (TPSA) is 148 Å². The number of amides is 2. The summed E-state index contributed by atoms with van der Waals surface area (Å²) in [7, 11) is 0. The maximum atomic E-state index is 13.6. The van der Waals surface area contributed by atoms with Crippen LogP contribution in [-0.2, 0) is 11.3 Å². The van der Waals surface area contributed by atoms with E-state index in [2.05, 4.69) is 10.6 Å². The highest BCUT2D eigenvalue weighted by atomic mass is 16.5.